The Morgan fingerprint density at radius 1 is 0.600 bits per heavy atom. The maximum atomic E-state index is 6.48. The molecule has 0 bridgehead atoms. The van der Waals surface area contributed by atoms with Gasteiger partial charge in [-0.15, -0.1) is 29.7 Å². The first kappa shape index (κ1) is 31.5. The van der Waals surface area contributed by atoms with Crippen molar-refractivity contribution in [3.8, 4) is 39.9 Å². The fourth-order valence-electron chi connectivity index (χ4n) is 6.83. The molecule has 0 spiro atoms. The zero-order valence-electron chi connectivity index (χ0n) is 27.4. The summed E-state index contributed by atoms with van der Waals surface area (Å²) in [5.74, 6) is 2.01. The number of ether oxygens (including phenoxy) is 1. The summed E-state index contributed by atoms with van der Waals surface area (Å²) < 4.78 is 12.8. The van der Waals surface area contributed by atoms with Crippen LogP contribution in [0.4, 0.5) is 0 Å². The van der Waals surface area contributed by atoms with Gasteiger partial charge in [0.25, 0.3) is 6.33 Å². The number of rotatable bonds is 6. The number of hydrogen-bond donors (Lipinski definition) is 0. The van der Waals surface area contributed by atoms with Crippen LogP contribution in [0.25, 0.3) is 61.3 Å². The number of aromatic nitrogens is 4. The topological polar surface area (TPSA) is 35.9 Å². The molecule has 0 unspecified atom stereocenters. The third-order valence-corrected chi connectivity index (χ3v) is 9.05. The molecule has 0 saturated carbocycles. The normalized spacial score (nSPS) is 11.2. The fraction of sp³-hybridized carbons (Fsp3) is 0.0455. The summed E-state index contributed by atoms with van der Waals surface area (Å²) in [4.78, 5) is 5.20. The fourth-order valence-corrected chi connectivity index (χ4v) is 6.83. The Balaban J connectivity index is 0.00000361. The summed E-state index contributed by atoms with van der Waals surface area (Å²) >= 11 is 0. The Morgan fingerprint density at radius 3 is 2.14 bits per heavy atom. The third-order valence-electron chi connectivity index (χ3n) is 9.05. The van der Waals surface area contributed by atoms with Crippen LogP contribution in [-0.4, -0.2) is 14.1 Å². The minimum Gasteiger partial charge on any atom is -0.510 e. The van der Waals surface area contributed by atoms with Gasteiger partial charge >= 0.3 is 0 Å². The summed E-state index contributed by atoms with van der Waals surface area (Å²) in [6.45, 7) is 4.27. The van der Waals surface area contributed by atoms with E-state index < -0.39 is 0 Å². The first-order chi connectivity index (χ1) is 24.1. The van der Waals surface area contributed by atoms with E-state index in [2.05, 4.69) is 132 Å². The van der Waals surface area contributed by atoms with Gasteiger partial charge < -0.3 is 13.9 Å². The molecule has 0 radical (unpaired) electrons. The van der Waals surface area contributed by atoms with Crippen molar-refractivity contribution in [2.75, 3.05) is 0 Å². The predicted molar refractivity (Wildman–Crippen MR) is 195 cm³/mol. The van der Waals surface area contributed by atoms with Crippen molar-refractivity contribution < 1.29 is 30.4 Å². The van der Waals surface area contributed by atoms with E-state index in [9.17, 15) is 0 Å². The standard InChI is InChI=1S/C44H30N4O.Pt/c1-30-13-10-14-31(2)44(30)38-20-12-24-43(45-38)48-39-21-7-6-19-36(39)37-26-25-35(28-42(37)48)49-34-18-11-17-33(27-34)47-29-46(32-15-4-3-5-16-32)40-22-8-9-23-41(40)47;/h3-26H,1-2H3;/q-2;. The molecule has 5 nitrogen and oxygen atoms in total. The zero-order valence-corrected chi connectivity index (χ0v) is 29.6. The number of pyridine rings is 1. The smallest absolute Gasteiger partial charge is 0.268 e. The van der Waals surface area contributed by atoms with Crippen LogP contribution in [0.2, 0.25) is 0 Å². The van der Waals surface area contributed by atoms with Gasteiger partial charge in [0.2, 0.25) is 0 Å². The average molecular weight is 826 g/mol. The second-order valence-electron chi connectivity index (χ2n) is 12.2. The molecular weight excluding hydrogens is 796 g/mol. The number of fused-ring (bicyclic) bond motifs is 4. The molecule has 0 atom stereocenters. The molecule has 3 heterocycles. The van der Waals surface area contributed by atoms with Crippen LogP contribution in [0.1, 0.15) is 11.1 Å². The Labute approximate surface area is 304 Å². The number of imidazole rings is 1. The molecule has 0 saturated heterocycles. The second kappa shape index (κ2) is 12.9. The summed E-state index contributed by atoms with van der Waals surface area (Å²) in [6, 6.07) is 56.6. The Bertz CT molecular complexity index is 2650. The molecule has 6 heteroatoms. The van der Waals surface area contributed by atoms with E-state index in [0.29, 0.717) is 11.5 Å². The minimum absolute atomic E-state index is 0. The zero-order chi connectivity index (χ0) is 32.9. The van der Waals surface area contributed by atoms with Crippen LogP contribution in [0, 0.1) is 32.3 Å². The van der Waals surface area contributed by atoms with E-state index in [-0.39, 0.29) is 21.1 Å². The van der Waals surface area contributed by atoms with Crippen molar-refractivity contribution in [2.24, 2.45) is 0 Å². The maximum Gasteiger partial charge on any atom is 0.268 e. The van der Waals surface area contributed by atoms with Crippen molar-refractivity contribution in [1.82, 2.24) is 14.1 Å². The summed E-state index contributed by atoms with van der Waals surface area (Å²) in [5, 5.41) is 2.22. The molecule has 6 aromatic carbocycles. The van der Waals surface area contributed by atoms with E-state index >= 15 is 0 Å². The van der Waals surface area contributed by atoms with Crippen LogP contribution < -0.4 is 9.30 Å². The second-order valence-corrected chi connectivity index (χ2v) is 12.2. The van der Waals surface area contributed by atoms with E-state index in [1.54, 1.807) is 0 Å². The van der Waals surface area contributed by atoms with Crippen molar-refractivity contribution in [1.29, 1.82) is 0 Å². The van der Waals surface area contributed by atoms with Gasteiger partial charge in [0.05, 0.1) is 22.4 Å². The SMILES string of the molecule is Cc1cccc(C)c1-c1cccc(-n2c3[c-]c(Oc4[c-]c(-n5[c-][n+](-c6ccccc6)c6ccccc65)ccc4)ccc3c3ccccc32)n1.[Pt]. The predicted octanol–water partition coefficient (Wildman–Crippen LogP) is 9.87. The first-order valence-corrected chi connectivity index (χ1v) is 16.3. The van der Waals surface area contributed by atoms with Crippen LogP contribution in [0.15, 0.2) is 146 Å². The molecule has 9 rings (SSSR count). The first-order valence-electron chi connectivity index (χ1n) is 16.3. The van der Waals surface area contributed by atoms with Gasteiger partial charge in [-0.2, -0.15) is 18.2 Å². The van der Waals surface area contributed by atoms with Gasteiger partial charge in [-0.1, -0.05) is 90.4 Å². The number of benzene rings is 6. The molecule has 0 fully saturated rings. The molecule has 0 aliphatic carbocycles. The molecular formula is C44H30N4OPt-2. The monoisotopic (exact) mass is 825 g/mol. The van der Waals surface area contributed by atoms with E-state index in [4.69, 9.17) is 9.72 Å². The quantitative estimate of drug-likeness (QED) is 0.124. The van der Waals surface area contributed by atoms with Gasteiger partial charge in [-0.3, -0.25) is 4.57 Å². The maximum absolute atomic E-state index is 6.48. The van der Waals surface area contributed by atoms with Crippen LogP contribution in [-0.2, 0) is 21.1 Å². The van der Waals surface area contributed by atoms with Crippen LogP contribution in [0.5, 0.6) is 11.5 Å². The number of para-hydroxylation sites is 4. The molecule has 244 valence electrons. The third kappa shape index (κ3) is 5.41. The molecule has 0 N–H and O–H groups in total. The van der Waals surface area contributed by atoms with Crippen LogP contribution >= 0.6 is 0 Å². The Morgan fingerprint density at radius 2 is 1.30 bits per heavy atom. The van der Waals surface area contributed by atoms with Gasteiger partial charge in [0.1, 0.15) is 5.82 Å². The minimum atomic E-state index is 0. The number of aryl methyl sites for hydroxylation is 2. The summed E-state index contributed by atoms with van der Waals surface area (Å²) in [5.41, 5.74) is 10.4. The molecule has 50 heavy (non-hydrogen) atoms. The van der Waals surface area contributed by atoms with Crippen molar-refractivity contribution in [3.63, 3.8) is 0 Å². The molecule has 0 aliphatic rings. The molecule has 0 amide bonds. The number of nitrogens with zero attached hydrogens (tertiary/aromatic N) is 4. The van der Waals surface area contributed by atoms with Crippen molar-refractivity contribution in [3.05, 3.63) is 175 Å². The largest absolute Gasteiger partial charge is 0.510 e. The Hall–Kier alpha value is -5.77. The summed E-state index contributed by atoms with van der Waals surface area (Å²) in [6.07, 6.45) is 3.53. The van der Waals surface area contributed by atoms with E-state index in [1.165, 1.54) is 11.1 Å². The van der Waals surface area contributed by atoms with Crippen molar-refractivity contribution >= 4 is 32.8 Å². The summed E-state index contributed by atoms with van der Waals surface area (Å²) in [7, 11) is 0. The molecule has 9 aromatic rings. The van der Waals surface area contributed by atoms with Gasteiger partial charge in [0, 0.05) is 43.6 Å². The van der Waals surface area contributed by atoms with E-state index in [1.807, 2.05) is 59.2 Å². The van der Waals surface area contributed by atoms with Crippen LogP contribution in [0.3, 0.4) is 0 Å². The average Bonchev–Trinajstić information content (AvgIpc) is 3.68. The van der Waals surface area contributed by atoms with E-state index in [0.717, 1.165) is 61.3 Å². The Kier molecular flexibility index (Phi) is 8.14. The van der Waals surface area contributed by atoms with Crippen molar-refractivity contribution in [2.45, 2.75) is 13.8 Å². The number of hydrogen-bond acceptors (Lipinski definition) is 2. The van der Waals surface area contributed by atoms with Gasteiger partial charge in [-0.05, 0) is 66.4 Å². The van der Waals surface area contributed by atoms with Gasteiger partial charge in [-0.25, -0.2) is 4.98 Å². The molecule has 3 aromatic heterocycles. The van der Waals surface area contributed by atoms with Gasteiger partial charge in [0.15, 0.2) is 0 Å². The molecule has 0 aliphatic heterocycles.